The van der Waals surface area contributed by atoms with Gasteiger partial charge >= 0.3 is 5.97 Å². The molecule has 0 bridgehead atoms. The molecule has 0 saturated heterocycles. The predicted molar refractivity (Wildman–Crippen MR) is 85.2 cm³/mol. The molecule has 0 saturated carbocycles. The van der Waals surface area contributed by atoms with E-state index < -0.39 is 11.6 Å². The summed E-state index contributed by atoms with van der Waals surface area (Å²) < 4.78 is 5.44. The minimum atomic E-state index is -0.623. The van der Waals surface area contributed by atoms with Crippen molar-refractivity contribution in [3.8, 4) is 11.1 Å². The summed E-state index contributed by atoms with van der Waals surface area (Å²) in [5.41, 5.74) is 7.31. The lowest BCUT2D eigenvalue weighted by Gasteiger charge is -2.21. The molecular formula is C17H20N2O3. The van der Waals surface area contributed by atoms with Crippen molar-refractivity contribution in [3.05, 3.63) is 47.7 Å². The fourth-order valence-corrected chi connectivity index (χ4v) is 2.10. The van der Waals surface area contributed by atoms with E-state index in [4.69, 9.17) is 10.5 Å². The Balaban J connectivity index is 2.59. The first-order valence-electron chi connectivity index (χ1n) is 7.01. The summed E-state index contributed by atoms with van der Waals surface area (Å²) in [7, 11) is 0. The van der Waals surface area contributed by atoms with Crippen molar-refractivity contribution in [1.29, 1.82) is 0 Å². The lowest BCUT2D eigenvalue weighted by molar-refractivity contribution is 0.00702. The molecule has 1 heterocycles. The Morgan fingerprint density at radius 1 is 1.27 bits per heavy atom. The van der Waals surface area contributed by atoms with Gasteiger partial charge in [0.25, 0.3) is 0 Å². The maximum Gasteiger partial charge on any atom is 0.339 e. The molecule has 0 aliphatic heterocycles. The van der Waals surface area contributed by atoms with E-state index >= 15 is 0 Å². The molecule has 0 aliphatic rings. The first-order valence-corrected chi connectivity index (χ1v) is 7.01. The number of aromatic nitrogens is 1. The number of aliphatic hydroxyl groups is 1. The molecule has 0 fully saturated rings. The van der Waals surface area contributed by atoms with Crippen LogP contribution in [0.25, 0.3) is 11.1 Å². The van der Waals surface area contributed by atoms with Gasteiger partial charge in [-0.25, -0.2) is 9.78 Å². The molecule has 22 heavy (non-hydrogen) atoms. The van der Waals surface area contributed by atoms with Gasteiger partial charge in [0.05, 0.1) is 17.9 Å². The third-order valence-electron chi connectivity index (χ3n) is 2.94. The van der Waals surface area contributed by atoms with Crippen LogP contribution in [0.15, 0.2) is 36.4 Å². The van der Waals surface area contributed by atoms with E-state index in [0.717, 1.165) is 5.56 Å². The quantitative estimate of drug-likeness (QED) is 0.851. The Bertz CT molecular complexity index is 676. The zero-order valence-electron chi connectivity index (χ0n) is 13.0. The largest absolute Gasteiger partial charge is 0.456 e. The number of nitrogens with zero attached hydrogens (tertiary/aromatic N) is 1. The van der Waals surface area contributed by atoms with Crippen LogP contribution >= 0.6 is 0 Å². The monoisotopic (exact) mass is 300 g/mol. The summed E-state index contributed by atoms with van der Waals surface area (Å²) in [5, 5.41) is 9.29. The summed E-state index contributed by atoms with van der Waals surface area (Å²) in [6.45, 7) is 5.09. The average molecular weight is 300 g/mol. The molecule has 3 N–H and O–H groups in total. The van der Waals surface area contributed by atoms with Crippen LogP contribution < -0.4 is 5.73 Å². The molecule has 1 aromatic carbocycles. The normalized spacial score (nSPS) is 11.3. The van der Waals surface area contributed by atoms with E-state index in [1.165, 1.54) is 6.07 Å². The van der Waals surface area contributed by atoms with Crippen molar-refractivity contribution in [1.82, 2.24) is 4.98 Å². The lowest BCUT2D eigenvalue weighted by Crippen LogP contribution is -2.24. The van der Waals surface area contributed by atoms with Gasteiger partial charge in [-0.1, -0.05) is 30.3 Å². The number of nitrogen functional groups attached to an aromatic ring is 1. The highest BCUT2D eigenvalue weighted by Crippen LogP contribution is 2.30. The molecule has 0 aliphatic carbocycles. The third-order valence-corrected chi connectivity index (χ3v) is 2.94. The molecular weight excluding hydrogens is 280 g/mol. The molecule has 0 atom stereocenters. The van der Waals surface area contributed by atoms with Crippen LogP contribution in [0.3, 0.4) is 0 Å². The molecule has 1 aromatic heterocycles. The SMILES string of the molecule is CC(C)(C)OC(=O)c1cc(CO)nc(N)c1-c1ccccc1. The molecule has 0 amide bonds. The molecule has 0 radical (unpaired) electrons. The number of aliphatic hydroxyl groups excluding tert-OH is 1. The van der Waals surface area contributed by atoms with Crippen molar-refractivity contribution in [3.63, 3.8) is 0 Å². The second-order valence-corrected chi connectivity index (χ2v) is 5.95. The maximum absolute atomic E-state index is 12.5. The van der Waals surface area contributed by atoms with Crippen LogP contribution in [-0.4, -0.2) is 21.7 Å². The van der Waals surface area contributed by atoms with E-state index in [2.05, 4.69) is 4.98 Å². The summed E-state index contributed by atoms with van der Waals surface area (Å²) in [6.07, 6.45) is 0. The number of nitrogens with two attached hydrogens (primary N) is 1. The van der Waals surface area contributed by atoms with E-state index in [1.54, 1.807) is 20.8 Å². The number of esters is 1. The Morgan fingerprint density at radius 3 is 2.45 bits per heavy atom. The first-order chi connectivity index (χ1) is 10.3. The van der Waals surface area contributed by atoms with E-state index in [1.807, 2.05) is 30.3 Å². The Morgan fingerprint density at radius 2 is 1.91 bits per heavy atom. The first kappa shape index (κ1) is 16.0. The maximum atomic E-state index is 12.5. The number of benzene rings is 1. The highest BCUT2D eigenvalue weighted by Gasteiger charge is 2.23. The molecule has 0 unspecified atom stereocenters. The number of hydrogen-bond donors (Lipinski definition) is 2. The smallest absolute Gasteiger partial charge is 0.339 e. The van der Waals surface area contributed by atoms with Gasteiger partial charge in [0, 0.05) is 5.56 Å². The summed E-state index contributed by atoms with van der Waals surface area (Å²) in [5.74, 6) is -0.297. The Kier molecular flexibility index (Phi) is 4.47. The van der Waals surface area contributed by atoms with Crippen molar-refractivity contribution in [2.75, 3.05) is 5.73 Å². The number of carbonyl (C=O) groups is 1. The molecule has 0 spiro atoms. The van der Waals surface area contributed by atoms with E-state index in [-0.39, 0.29) is 12.4 Å². The number of ether oxygens (including phenoxy) is 1. The van der Waals surface area contributed by atoms with E-state index in [0.29, 0.717) is 16.8 Å². The van der Waals surface area contributed by atoms with Crippen molar-refractivity contribution in [2.45, 2.75) is 33.0 Å². The average Bonchev–Trinajstić information content (AvgIpc) is 2.45. The van der Waals surface area contributed by atoms with Crippen LogP contribution in [0, 0.1) is 0 Å². The second kappa shape index (κ2) is 6.15. The van der Waals surface area contributed by atoms with Gasteiger partial charge in [0.2, 0.25) is 0 Å². The summed E-state index contributed by atoms with van der Waals surface area (Å²) in [6, 6.07) is 10.8. The molecule has 116 valence electrons. The van der Waals surface area contributed by atoms with Gasteiger partial charge in [-0.05, 0) is 32.4 Å². The second-order valence-electron chi connectivity index (χ2n) is 5.95. The number of hydrogen-bond acceptors (Lipinski definition) is 5. The van der Waals surface area contributed by atoms with Gasteiger partial charge < -0.3 is 15.6 Å². The Hall–Kier alpha value is -2.40. The minimum absolute atomic E-state index is 0.193. The lowest BCUT2D eigenvalue weighted by atomic mass is 9.99. The van der Waals surface area contributed by atoms with E-state index in [9.17, 15) is 9.90 Å². The zero-order valence-corrected chi connectivity index (χ0v) is 13.0. The van der Waals surface area contributed by atoms with Crippen molar-refractivity contribution < 1.29 is 14.6 Å². The van der Waals surface area contributed by atoms with Gasteiger partial charge in [-0.2, -0.15) is 0 Å². The standard InChI is InChI=1S/C17H20N2O3/c1-17(2,3)22-16(21)13-9-12(10-20)19-15(18)14(13)11-7-5-4-6-8-11/h4-9,20H,10H2,1-3H3,(H2,18,19). The van der Waals surface area contributed by atoms with Crippen LogP contribution in [0.1, 0.15) is 36.8 Å². The highest BCUT2D eigenvalue weighted by molar-refractivity contribution is 6.00. The van der Waals surface area contributed by atoms with Gasteiger partial charge in [-0.15, -0.1) is 0 Å². The number of pyridine rings is 1. The van der Waals surface area contributed by atoms with Crippen molar-refractivity contribution in [2.24, 2.45) is 0 Å². The molecule has 5 heteroatoms. The predicted octanol–water partition coefficient (Wildman–Crippen LogP) is 2.78. The van der Waals surface area contributed by atoms with Crippen LogP contribution in [0.2, 0.25) is 0 Å². The number of carbonyl (C=O) groups excluding carboxylic acids is 1. The number of rotatable bonds is 3. The fraction of sp³-hybridized carbons (Fsp3) is 0.294. The van der Waals surface area contributed by atoms with Gasteiger partial charge in [-0.3, -0.25) is 0 Å². The van der Waals surface area contributed by atoms with Crippen LogP contribution in [0.5, 0.6) is 0 Å². The minimum Gasteiger partial charge on any atom is -0.456 e. The van der Waals surface area contributed by atoms with Gasteiger partial charge in [0.1, 0.15) is 11.4 Å². The molecule has 2 aromatic rings. The van der Waals surface area contributed by atoms with Crippen LogP contribution in [-0.2, 0) is 11.3 Å². The summed E-state index contributed by atoms with van der Waals surface area (Å²) >= 11 is 0. The Labute approximate surface area is 129 Å². The molecule has 2 rings (SSSR count). The third kappa shape index (κ3) is 3.62. The highest BCUT2D eigenvalue weighted by atomic mass is 16.6. The molecule has 5 nitrogen and oxygen atoms in total. The zero-order chi connectivity index (χ0) is 16.3. The van der Waals surface area contributed by atoms with Crippen LogP contribution in [0.4, 0.5) is 5.82 Å². The number of anilines is 1. The van der Waals surface area contributed by atoms with Gasteiger partial charge in [0.15, 0.2) is 0 Å². The fourth-order valence-electron chi connectivity index (χ4n) is 2.10. The topological polar surface area (TPSA) is 85.4 Å². The summed E-state index contributed by atoms with van der Waals surface area (Å²) in [4.78, 5) is 16.6. The van der Waals surface area contributed by atoms with Crippen molar-refractivity contribution >= 4 is 11.8 Å².